The van der Waals surface area contributed by atoms with Crippen molar-refractivity contribution in [3.63, 3.8) is 0 Å². The lowest BCUT2D eigenvalue weighted by Crippen LogP contribution is -2.36. The first-order valence-electron chi connectivity index (χ1n) is 10.5. The summed E-state index contributed by atoms with van der Waals surface area (Å²) >= 11 is 0. The van der Waals surface area contributed by atoms with Gasteiger partial charge in [-0.05, 0) is 48.9 Å². The van der Waals surface area contributed by atoms with Crippen LogP contribution >= 0.6 is 0 Å². The second-order valence-corrected chi connectivity index (χ2v) is 7.50. The molecule has 5 rings (SSSR count). The maximum Gasteiger partial charge on any atom is 0.336 e. The highest BCUT2D eigenvalue weighted by Gasteiger charge is 2.47. The monoisotopic (exact) mass is 430 g/mol. The molecule has 162 valence electrons. The van der Waals surface area contributed by atoms with E-state index in [0.717, 1.165) is 5.56 Å². The van der Waals surface area contributed by atoms with Crippen LogP contribution in [0.15, 0.2) is 72.8 Å². The van der Waals surface area contributed by atoms with Crippen LogP contribution in [0.5, 0.6) is 17.2 Å². The molecule has 0 aliphatic carbocycles. The number of anilines is 2. The molecule has 0 saturated carbocycles. The third-order valence-corrected chi connectivity index (χ3v) is 5.53. The molecule has 2 heterocycles. The van der Waals surface area contributed by atoms with Gasteiger partial charge in [-0.3, -0.25) is 9.69 Å². The number of hydrogen-bond acceptors (Lipinski definition) is 5. The van der Waals surface area contributed by atoms with Crippen LogP contribution in [0.1, 0.15) is 12.5 Å². The predicted molar refractivity (Wildman–Crippen MR) is 119 cm³/mol. The van der Waals surface area contributed by atoms with Crippen LogP contribution in [0.4, 0.5) is 16.2 Å². The van der Waals surface area contributed by atoms with Crippen LogP contribution in [-0.4, -0.2) is 31.4 Å². The summed E-state index contributed by atoms with van der Waals surface area (Å²) in [6.45, 7) is 2.58. The molecule has 0 N–H and O–H groups in total. The van der Waals surface area contributed by atoms with Crippen molar-refractivity contribution in [3.8, 4) is 17.2 Å². The molecule has 2 aliphatic heterocycles. The number of amides is 3. The third kappa shape index (κ3) is 3.51. The second-order valence-electron chi connectivity index (χ2n) is 7.50. The van der Waals surface area contributed by atoms with Gasteiger partial charge in [0.05, 0.1) is 18.0 Å². The highest BCUT2D eigenvalue weighted by molar-refractivity contribution is 6.28. The van der Waals surface area contributed by atoms with Gasteiger partial charge in [-0.2, -0.15) is 0 Å². The fraction of sp³-hybridized carbons (Fsp3) is 0.200. The Labute approximate surface area is 185 Å². The van der Waals surface area contributed by atoms with Crippen LogP contribution in [0.2, 0.25) is 0 Å². The molecule has 0 radical (unpaired) electrons. The van der Waals surface area contributed by atoms with E-state index in [1.54, 1.807) is 42.5 Å². The van der Waals surface area contributed by atoms with E-state index in [2.05, 4.69) is 0 Å². The first-order valence-corrected chi connectivity index (χ1v) is 10.5. The Bertz CT molecular complexity index is 1150. The summed E-state index contributed by atoms with van der Waals surface area (Å²) in [5.74, 6) is 1.58. The van der Waals surface area contributed by atoms with E-state index in [1.807, 2.05) is 37.3 Å². The van der Waals surface area contributed by atoms with Gasteiger partial charge in [-0.1, -0.05) is 30.3 Å². The van der Waals surface area contributed by atoms with Crippen molar-refractivity contribution in [1.29, 1.82) is 0 Å². The van der Waals surface area contributed by atoms with E-state index in [1.165, 1.54) is 9.80 Å². The van der Waals surface area contributed by atoms with Crippen molar-refractivity contribution in [1.82, 2.24) is 0 Å². The van der Waals surface area contributed by atoms with Gasteiger partial charge in [-0.25, -0.2) is 9.69 Å². The Morgan fingerprint density at radius 1 is 0.906 bits per heavy atom. The van der Waals surface area contributed by atoms with Gasteiger partial charge >= 0.3 is 6.03 Å². The van der Waals surface area contributed by atoms with Gasteiger partial charge in [0.2, 0.25) is 6.79 Å². The molecule has 2 aliphatic rings. The molecule has 1 saturated heterocycles. The van der Waals surface area contributed by atoms with Gasteiger partial charge in [0, 0.05) is 12.5 Å². The summed E-state index contributed by atoms with van der Waals surface area (Å²) in [5, 5.41) is 0. The van der Waals surface area contributed by atoms with Gasteiger partial charge < -0.3 is 14.2 Å². The third-order valence-electron chi connectivity index (χ3n) is 5.53. The molecular weight excluding hydrogens is 408 g/mol. The second kappa shape index (κ2) is 8.26. The molecule has 3 amide bonds. The maximum atomic E-state index is 13.6. The minimum absolute atomic E-state index is 0.136. The number of nitrogens with zero attached hydrogens (tertiary/aromatic N) is 2. The van der Waals surface area contributed by atoms with E-state index in [4.69, 9.17) is 14.2 Å². The number of ether oxygens (including phenoxy) is 3. The van der Waals surface area contributed by atoms with Crippen molar-refractivity contribution >= 4 is 23.3 Å². The quantitative estimate of drug-likeness (QED) is 0.543. The van der Waals surface area contributed by atoms with E-state index in [-0.39, 0.29) is 12.7 Å². The Balaban J connectivity index is 1.53. The number of benzene rings is 3. The summed E-state index contributed by atoms with van der Waals surface area (Å²) in [7, 11) is 0. The molecule has 0 aromatic heterocycles. The van der Waals surface area contributed by atoms with Crippen LogP contribution in [0.3, 0.4) is 0 Å². The molecule has 3 aromatic rings. The molecule has 3 aromatic carbocycles. The van der Waals surface area contributed by atoms with Crippen LogP contribution in [0, 0.1) is 0 Å². The Morgan fingerprint density at radius 3 is 2.38 bits per heavy atom. The molecule has 1 fully saturated rings. The summed E-state index contributed by atoms with van der Waals surface area (Å²) in [6.07, 6.45) is 0.396. The van der Waals surface area contributed by atoms with Crippen molar-refractivity contribution in [3.05, 3.63) is 78.4 Å². The number of rotatable bonds is 6. The standard InChI is InChI=1S/C25H22N2O5/c1-2-30-20-11-8-18(9-12-20)27-24(28)21(14-17-6-4-3-5-7-17)26(25(27)29)19-10-13-22-23(15-19)32-16-31-22/h3-13,15,21H,2,14,16H2,1H3/t21-/m0/s1. The largest absolute Gasteiger partial charge is 0.494 e. The van der Waals surface area contributed by atoms with Gasteiger partial charge in [-0.15, -0.1) is 0 Å². The lowest BCUT2D eigenvalue weighted by atomic mass is 10.0. The fourth-order valence-corrected chi connectivity index (χ4v) is 4.03. The van der Waals surface area contributed by atoms with Gasteiger partial charge in [0.15, 0.2) is 11.5 Å². The number of imide groups is 1. The van der Waals surface area contributed by atoms with Crippen molar-refractivity contribution in [2.45, 2.75) is 19.4 Å². The lowest BCUT2D eigenvalue weighted by Gasteiger charge is -2.22. The number of fused-ring (bicyclic) bond motifs is 1. The van der Waals surface area contributed by atoms with Crippen LogP contribution < -0.4 is 24.0 Å². The number of hydrogen-bond donors (Lipinski definition) is 0. The normalized spacial score (nSPS) is 17.2. The zero-order valence-corrected chi connectivity index (χ0v) is 17.6. The Kier molecular flexibility index (Phi) is 5.15. The summed E-state index contributed by atoms with van der Waals surface area (Å²) < 4.78 is 16.4. The summed E-state index contributed by atoms with van der Waals surface area (Å²) in [4.78, 5) is 29.8. The van der Waals surface area contributed by atoms with Crippen molar-refractivity contribution < 1.29 is 23.8 Å². The topological polar surface area (TPSA) is 68.3 Å². The molecular formula is C25H22N2O5. The Hall–Kier alpha value is -4.00. The van der Waals surface area contributed by atoms with E-state index in [9.17, 15) is 9.59 Å². The fourth-order valence-electron chi connectivity index (χ4n) is 4.03. The molecule has 7 heteroatoms. The van der Waals surface area contributed by atoms with E-state index >= 15 is 0 Å². The zero-order valence-electron chi connectivity index (χ0n) is 17.6. The average Bonchev–Trinajstić information content (AvgIpc) is 3.37. The molecule has 1 atom stereocenters. The molecule has 0 spiro atoms. The maximum absolute atomic E-state index is 13.6. The zero-order chi connectivity index (χ0) is 22.1. The predicted octanol–water partition coefficient (Wildman–Crippen LogP) is 4.40. The minimum Gasteiger partial charge on any atom is -0.494 e. The average molecular weight is 430 g/mol. The first kappa shape index (κ1) is 19.9. The first-order chi connectivity index (χ1) is 15.7. The Morgan fingerprint density at radius 2 is 1.62 bits per heavy atom. The minimum atomic E-state index is -0.683. The summed E-state index contributed by atoms with van der Waals surface area (Å²) in [6, 6.07) is 20.8. The van der Waals surface area contributed by atoms with Crippen molar-refractivity contribution in [2.75, 3.05) is 23.2 Å². The smallest absolute Gasteiger partial charge is 0.336 e. The van der Waals surface area contributed by atoms with Crippen molar-refractivity contribution in [2.24, 2.45) is 0 Å². The summed E-state index contributed by atoms with van der Waals surface area (Å²) in [5.41, 5.74) is 2.06. The highest BCUT2D eigenvalue weighted by Crippen LogP contribution is 2.39. The number of carbonyl (C=O) groups is 2. The number of carbonyl (C=O) groups excluding carboxylic acids is 2. The SMILES string of the molecule is CCOc1ccc(N2C(=O)[C@H](Cc3ccccc3)N(c3ccc4c(c3)OCO4)C2=O)cc1. The highest BCUT2D eigenvalue weighted by atomic mass is 16.7. The lowest BCUT2D eigenvalue weighted by molar-refractivity contribution is -0.117. The van der Waals surface area contributed by atoms with Gasteiger partial charge in [0.1, 0.15) is 11.8 Å². The molecule has 0 unspecified atom stereocenters. The molecule has 32 heavy (non-hydrogen) atoms. The van der Waals surface area contributed by atoms with E-state index in [0.29, 0.717) is 41.7 Å². The van der Waals surface area contributed by atoms with E-state index < -0.39 is 12.1 Å². The molecule has 7 nitrogen and oxygen atoms in total. The molecule has 0 bridgehead atoms. The van der Waals surface area contributed by atoms with Crippen LogP contribution in [0.25, 0.3) is 0 Å². The number of urea groups is 1. The van der Waals surface area contributed by atoms with Crippen LogP contribution in [-0.2, 0) is 11.2 Å². The van der Waals surface area contributed by atoms with Gasteiger partial charge in [0.25, 0.3) is 5.91 Å².